The molecule has 0 saturated heterocycles. The van der Waals surface area contributed by atoms with Crippen LogP contribution in [0.1, 0.15) is 5.69 Å². The first-order valence-electron chi connectivity index (χ1n) is 5.20. The summed E-state index contributed by atoms with van der Waals surface area (Å²) in [5.41, 5.74) is 6.84. The van der Waals surface area contributed by atoms with Gasteiger partial charge in [-0.15, -0.1) is 12.4 Å². The van der Waals surface area contributed by atoms with Crippen molar-refractivity contribution in [3.63, 3.8) is 0 Å². The van der Waals surface area contributed by atoms with Gasteiger partial charge in [0.1, 0.15) is 0 Å². The molecule has 1 rings (SSSR count). The topological polar surface area (TPSA) is 71.2 Å². The number of anilines is 1. The van der Waals surface area contributed by atoms with E-state index in [9.17, 15) is 4.79 Å². The van der Waals surface area contributed by atoms with Gasteiger partial charge in [0.2, 0.25) is 5.91 Å². The number of carbonyl (C=O) groups excluding carboxylic acids is 1. The van der Waals surface area contributed by atoms with E-state index in [2.05, 4.69) is 10.3 Å². The third-order valence-electron chi connectivity index (χ3n) is 2.07. The third kappa shape index (κ3) is 6.76. The molecule has 0 saturated carbocycles. The number of hydrogen-bond acceptors (Lipinski definition) is 4. The normalized spacial score (nSPS) is 9.82. The molecule has 0 spiro atoms. The van der Waals surface area contributed by atoms with E-state index in [0.717, 1.165) is 12.2 Å². The Labute approximate surface area is 108 Å². The highest BCUT2D eigenvalue weighted by Crippen LogP contribution is 2.01. The SMILES string of the molecule is CN(C)CCNC(=O)Cc1ccc(N)cn1.Cl. The predicted molar refractivity (Wildman–Crippen MR) is 71.2 cm³/mol. The standard InChI is InChI=1S/C11H18N4O.ClH/c1-15(2)6-5-13-11(16)7-10-4-3-9(12)8-14-10;/h3-4,8H,5-7,12H2,1-2H3,(H,13,16);1H. The summed E-state index contributed by atoms with van der Waals surface area (Å²) in [5.74, 6) is -0.0147. The van der Waals surface area contributed by atoms with Crippen LogP contribution < -0.4 is 11.1 Å². The minimum Gasteiger partial charge on any atom is -0.397 e. The Morgan fingerprint density at radius 1 is 1.47 bits per heavy atom. The van der Waals surface area contributed by atoms with Gasteiger partial charge in [0.25, 0.3) is 0 Å². The molecule has 0 unspecified atom stereocenters. The van der Waals surface area contributed by atoms with E-state index in [1.807, 2.05) is 19.0 Å². The van der Waals surface area contributed by atoms with Crippen LogP contribution in [0.2, 0.25) is 0 Å². The Kier molecular flexibility index (Phi) is 7.25. The van der Waals surface area contributed by atoms with E-state index in [0.29, 0.717) is 18.7 Å². The van der Waals surface area contributed by atoms with Crippen molar-refractivity contribution < 1.29 is 4.79 Å². The van der Waals surface area contributed by atoms with E-state index in [-0.39, 0.29) is 18.3 Å². The number of rotatable bonds is 5. The smallest absolute Gasteiger partial charge is 0.226 e. The minimum absolute atomic E-state index is 0. The number of halogens is 1. The summed E-state index contributed by atoms with van der Waals surface area (Å²) in [7, 11) is 3.93. The lowest BCUT2D eigenvalue weighted by atomic mass is 10.2. The highest BCUT2D eigenvalue weighted by atomic mass is 35.5. The number of nitrogens with zero attached hydrogens (tertiary/aromatic N) is 2. The molecule has 1 aromatic rings. The number of hydrogen-bond donors (Lipinski definition) is 2. The molecule has 0 atom stereocenters. The molecule has 1 amide bonds. The van der Waals surface area contributed by atoms with Crippen molar-refractivity contribution in [3.05, 3.63) is 24.0 Å². The van der Waals surface area contributed by atoms with Crippen LogP contribution >= 0.6 is 12.4 Å². The molecule has 0 bridgehead atoms. The zero-order valence-electron chi connectivity index (χ0n) is 10.1. The van der Waals surface area contributed by atoms with Crippen molar-refractivity contribution in [3.8, 4) is 0 Å². The first kappa shape index (κ1) is 15.7. The van der Waals surface area contributed by atoms with Crippen LogP contribution in [0.15, 0.2) is 18.3 Å². The Morgan fingerprint density at radius 3 is 2.71 bits per heavy atom. The molecule has 1 heterocycles. The summed E-state index contributed by atoms with van der Waals surface area (Å²) in [6.45, 7) is 1.49. The summed E-state index contributed by atoms with van der Waals surface area (Å²) in [4.78, 5) is 17.6. The lowest BCUT2D eigenvalue weighted by molar-refractivity contribution is -0.120. The highest BCUT2D eigenvalue weighted by Gasteiger charge is 2.03. The molecule has 96 valence electrons. The van der Waals surface area contributed by atoms with Crippen LogP contribution in [0.25, 0.3) is 0 Å². The summed E-state index contributed by atoms with van der Waals surface area (Å²) in [5, 5.41) is 2.83. The van der Waals surface area contributed by atoms with E-state index in [1.165, 1.54) is 0 Å². The number of nitrogens with two attached hydrogens (primary N) is 1. The lowest BCUT2D eigenvalue weighted by Crippen LogP contribution is -2.32. The number of pyridine rings is 1. The van der Waals surface area contributed by atoms with Crippen molar-refractivity contribution in [2.24, 2.45) is 0 Å². The molecule has 0 aliphatic heterocycles. The summed E-state index contributed by atoms with van der Waals surface area (Å²) >= 11 is 0. The average Bonchev–Trinajstić information content (AvgIpc) is 2.21. The van der Waals surface area contributed by atoms with Gasteiger partial charge in [0.15, 0.2) is 0 Å². The van der Waals surface area contributed by atoms with Crippen LogP contribution in [0.3, 0.4) is 0 Å². The Balaban J connectivity index is 0.00000256. The number of nitrogen functional groups attached to an aromatic ring is 1. The average molecular weight is 259 g/mol. The van der Waals surface area contributed by atoms with Crippen LogP contribution in [0.4, 0.5) is 5.69 Å². The van der Waals surface area contributed by atoms with Gasteiger partial charge in [0, 0.05) is 18.8 Å². The second-order valence-corrected chi connectivity index (χ2v) is 3.91. The first-order chi connectivity index (χ1) is 7.58. The Morgan fingerprint density at radius 2 is 2.18 bits per heavy atom. The van der Waals surface area contributed by atoms with E-state index >= 15 is 0 Å². The van der Waals surface area contributed by atoms with Gasteiger partial charge in [-0.1, -0.05) is 0 Å². The molecule has 0 aromatic carbocycles. The van der Waals surface area contributed by atoms with Gasteiger partial charge in [-0.3, -0.25) is 9.78 Å². The summed E-state index contributed by atoms with van der Waals surface area (Å²) in [6, 6.07) is 3.51. The van der Waals surface area contributed by atoms with Crippen LogP contribution in [-0.4, -0.2) is 43.0 Å². The van der Waals surface area contributed by atoms with Crippen molar-refractivity contribution in [1.29, 1.82) is 0 Å². The molecule has 0 aliphatic rings. The number of nitrogens with one attached hydrogen (secondary N) is 1. The maximum atomic E-state index is 11.5. The number of amides is 1. The van der Waals surface area contributed by atoms with Crippen molar-refractivity contribution in [2.45, 2.75) is 6.42 Å². The second-order valence-electron chi connectivity index (χ2n) is 3.91. The largest absolute Gasteiger partial charge is 0.397 e. The number of likely N-dealkylation sites (N-methyl/N-ethyl adjacent to an activating group) is 1. The van der Waals surface area contributed by atoms with Crippen molar-refractivity contribution in [1.82, 2.24) is 15.2 Å². The molecule has 6 heteroatoms. The van der Waals surface area contributed by atoms with Crippen LogP contribution in [-0.2, 0) is 11.2 Å². The van der Waals surface area contributed by atoms with Gasteiger partial charge in [-0.05, 0) is 26.2 Å². The zero-order valence-corrected chi connectivity index (χ0v) is 11.0. The quantitative estimate of drug-likeness (QED) is 0.797. The Bertz CT molecular complexity index is 340. The Hall–Kier alpha value is -1.33. The van der Waals surface area contributed by atoms with Gasteiger partial charge < -0.3 is 16.0 Å². The fraction of sp³-hybridized carbons (Fsp3) is 0.455. The van der Waals surface area contributed by atoms with Gasteiger partial charge in [0.05, 0.1) is 18.3 Å². The zero-order chi connectivity index (χ0) is 12.0. The molecule has 5 nitrogen and oxygen atoms in total. The van der Waals surface area contributed by atoms with E-state index in [1.54, 1.807) is 18.3 Å². The number of aromatic nitrogens is 1. The molecule has 0 aliphatic carbocycles. The monoisotopic (exact) mass is 258 g/mol. The van der Waals surface area contributed by atoms with Gasteiger partial charge >= 0.3 is 0 Å². The maximum absolute atomic E-state index is 11.5. The summed E-state index contributed by atoms with van der Waals surface area (Å²) in [6.07, 6.45) is 1.86. The van der Waals surface area contributed by atoms with E-state index < -0.39 is 0 Å². The highest BCUT2D eigenvalue weighted by molar-refractivity contribution is 5.85. The predicted octanol–water partition coefficient (Wildman–Crippen LogP) is 0.306. The molecule has 0 fully saturated rings. The molecule has 0 radical (unpaired) electrons. The molecule has 17 heavy (non-hydrogen) atoms. The van der Waals surface area contributed by atoms with E-state index in [4.69, 9.17) is 5.73 Å². The van der Waals surface area contributed by atoms with Gasteiger partial charge in [-0.25, -0.2) is 0 Å². The lowest BCUT2D eigenvalue weighted by Gasteiger charge is -2.10. The summed E-state index contributed by atoms with van der Waals surface area (Å²) < 4.78 is 0. The van der Waals surface area contributed by atoms with Crippen molar-refractivity contribution in [2.75, 3.05) is 32.9 Å². The third-order valence-corrected chi connectivity index (χ3v) is 2.07. The molecule has 1 aromatic heterocycles. The van der Waals surface area contributed by atoms with Crippen molar-refractivity contribution >= 4 is 24.0 Å². The second kappa shape index (κ2) is 7.86. The fourth-order valence-corrected chi connectivity index (χ4v) is 1.19. The molecule has 3 N–H and O–H groups in total. The minimum atomic E-state index is -0.0147. The van der Waals surface area contributed by atoms with Crippen LogP contribution in [0, 0.1) is 0 Å². The molecular formula is C11H19ClN4O. The maximum Gasteiger partial charge on any atom is 0.226 e. The van der Waals surface area contributed by atoms with Gasteiger partial charge in [-0.2, -0.15) is 0 Å². The number of carbonyl (C=O) groups is 1. The van der Waals surface area contributed by atoms with Crippen LogP contribution in [0.5, 0.6) is 0 Å². The molecular weight excluding hydrogens is 240 g/mol. The fourth-order valence-electron chi connectivity index (χ4n) is 1.19. The first-order valence-corrected chi connectivity index (χ1v) is 5.20.